The number of aryl methyl sites for hydroxylation is 1. The lowest BCUT2D eigenvalue weighted by atomic mass is 9.84. The van der Waals surface area contributed by atoms with E-state index in [0.717, 1.165) is 25.3 Å². The van der Waals surface area contributed by atoms with Crippen LogP contribution in [-0.2, 0) is 11.2 Å². The fourth-order valence-corrected chi connectivity index (χ4v) is 3.46. The first-order valence-corrected chi connectivity index (χ1v) is 7.36. The molecule has 0 spiro atoms. The Bertz CT molecular complexity index is 444. The summed E-state index contributed by atoms with van der Waals surface area (Å²) in [6.07, 6.45) is 3.82. The molecular weight excluding hydrogens is 238 g/mol. The van der Waals surface area contributed by atoms with Gasteiger partial charge in [0.15, 0.2) is 0 Å². The number of nitrogens with zero attached hydrogens (tertiary/aromatic N) is 1. The summed E-state index contributed by atoms with van der Waals surface area (Å²) in [6, 6.07) is 6.98. The highest BCUT2D eigenvalue weighted by molar-refractivity contribution is 5.40. The average molecular weight is 261 g/mol. The number of benzene rings is 1. The van der Waals surface area contributed by atoms with Gasteiger partial charge in [-0.25, -0.2) is 0 Å². The maximum Gasteiger partial charge on any atom is 0.119 e. The fourth-order valence-electron chi connectivity index (χ4n) is 3.46. The molecule has 104 valence electrons. The molecule has 1 aromatic carbocycles. The number of rotatable bonds is 3. The summed E-state index contributed by atoms with van der Waals surface area (Å²) in [6.45, 7) is 5.36. The minimum Gasteiger partial charge on any atom is -0.497 e. The van der Waals surface area contributed by atoms with Crippen LogP contribution >= 0.6 is 0 Å². The van der Waals surface area contributed by atoms with E-state index in [1.165, 1.54) is 30.5 Å². The van der Waals surface area contributed by atoms with Crippen LogP contribution in [0.25, 0.3) is 0 Å². The zero-order chi connectivity index (χ0) is 13.2. The summed E-state index contributed by atoms with van der Waals surface area (Å²) in [4.78, 5) is 2.61. The molecule has 2 atom stereocenters. The standard InChI is InChI=1S/C16H23NO2/c1-3-8-17-9-10-19-16-14-11-13(18-2)6-4-12(14)5-7-15(16)17/h4,6,11,15-16H,3,5,7-10H2,1-2H3/t15-,16?/m1/s1. The number of morpholine rings is 1. The number of ether oxygens (including phenoxy) is 2. The van der Waals surface area contributed by atoms with Crippen LogP contribution in [0.15, 0.2) is 18.2 Å². The van der Waals surface area contributed by atoms with E-state index in [0.29, 0.717) is 6.04 Å². The highest BCUT2D eigenvalue weighted by Gasteiger charge is 2.36. The van der Waals surface area contributed by atoms with E-state index in [9.17, 15) is 0 Å². The van der Waals surface area contributed by atoms with Gasteiger partial charge in [0.2, 0.25) is 0 Å². The number of hydrogen-bond acceptors (Lipinski definition) is 3. The molecule has 0 amide bonds. The van der Waals surface area contributed by atoms with Crippen molar-refractivity contribution in [1.29, 1.82) is 0 Å². The zero-order valence-corrected chi connectivity index (χ0v) is 11.9. The summed E-state index contributed by atoms with van der Waals surface area (Å²) in [5.41, 5.74) is 2.77. The molecule has 0 aromatic heterocycles. The fraction of sp³-hybridized carbons (Fsp3) is 0.625. The number of hydrogen-bond donors (Lipinski definition) is 0. The molecule has 1 aliphatic heterocycles. The topological polar surface area (TPSA) is 21.7 Å². The first kappa shape index (κ1) is 12.9. The molecule has 1 saturated heterocycles. The predicted octanol–water partition coefficient (Wildman–Crippen LogP) is 2.79. The van der Waals surface area contributed by atoms with Crippen LogP contribution in [0.3, 0.4) is 0 Å². The Labute approximate surface area is 115 Å². The highest BCUT2D eigenvalue weighted by Crippen LogP contribution is 2.39. The summed E-state index contributed by atoms with van der Waals surface area (Å²) in [5, 5.41) is 0. The van der Waals surface area contributed by atoms with Crippen LogP contribution in [0.1, 0.15) is 37.0 Å². The van der Waals surface area contributed by atoms with Crippen LogP contribution in [0.4, 0.5) is 0 Å². The van der Waals surface area contributed by atoms with E-state index >= 15 is 0 Å². The minimum absolute atomic E-state index is 0.235. The van der Waals surface area contributed by atoms with Gasteiger partial charge in [-0.1, -0.05) is 13.0 Å². The zero-order valence-electron chi connectivity index (χ0n) is 11.9. The second-order valence-corrected chi connectivity index (χ2v) is 5.50. The molecule has 0 saturated carbocycles. The Kier molecular flexibility index (Phi) is 3.76. The summed E-state index contributed by atoms with van der Waals surface area (Å²) in [5.74, 6) is 0.940. The lowest BCUT2D eigenvalue weighted by Gasteiger charge is -2.44. The van der Waals surface area contributed by atoms with Crippen molar-refractivity contribution in [2.45, 2.75) is 38.3 Å². The first-order valence-electron chi connectivity index (χ1n) is 7.36. The summed E-state index contributed by atoms with van der Waals surface area (Å²) in [7, 11) is 1.73. The molecule has 0 radical (unpaired) electrons. The van der Waals surface area contributed by atoms with Crippen molar-refractivity contribution in [2.24, 2.45) is 0 Å². The second-order valence-electron chi connectivity index (χ2n) is 5.50. The third-order valence-electron chi connectivity index (χ3n) is 4.37. The minimum atomic E-state index is 0.235. The van der Waals surface area contributed by atoms with Gasteiger partial charge in [0.25, 0.3) is 0 Å². The van der Waals surface area contributed by atoms with Crippen LogP contribution in [-0.4, -0.2) is 37.7 Å². The molecule has 3 nitrogen and oxygen atoms in total. The lowest BCUT2D eigenvalue weighted by molar-refractivity contribution is -0.0801. The number of fused-ring (bicyclic) bond motifs is 3. The van der Waals surface area contributed by atoms with Crippen molar-refractivity contribution in [3.05, 3.63) is 29.3 Å². The van der Waals surface area contributed by atoms with Crippen molar-refractivity contribution in [1.82, 2.24) is 4.90 Å². The normalized spacial score (nSPS) is 26.6. The Morgan fingerprint density at radius 3 is 3.11 bits per heavy atom. The van der Waals surface area contributed by atoms with E-state index in [1.54, 1.807) is 7.11 Å². The van der Waals surface area contributed by atoms with Crippen LogP contribution in [0.2, 0.25) is 0 Å². The molecule has 1 heterocycles. The lowest BCUT2D eigenvalue weighted by Crippen LogP contribution is -2.49. The predicted molar refractivity (Wildman–Crippen MR) is 75.7 cm³/mol. The van der Waals surface area contributed by atoms with Gasteiger partial charge in [-0.2, -0.15) is 0 Å². The third-order valence-corrected chi connectivity index (χ3v) is 4.37. The molecule has 1 aromatic rings. The molecule has 3 heteroatoms. The molecular formula is C16H23NO2. The van der Waals surface area contributed by atoms with Crippen LogP contribution < -0.4 is 4.74 Å². The van der Waals surface area contributed by atoms with E-state index in [1.807, 2.05) is 0 Å². The maximum absolute atomic E-state index is 6.09. The Morgan fingerprint density at radius 2 is 2.32 bits per heavy atom. The highest BCUT2D eigenvalue weighted by atomic mass is 16.5. The van der Waals surface area contributed by atoms with Gasteiger partial charge in [0.1, 0.15) is 5.75 Å². The monoisotopic (exact) mass is 261 g/mol. The van der Waals surface area contributed by atoms with E-state index in [2.05, 4.69) is 30.0 Å². The summed E-state index contributed by atoms with van der Waals surface area (Å²) >= 11 is 0. The van der Waals surface area contributed by atoms with Crippen molar-refractivity contribution in [3.63, 3.8) is 0 Å². The molecule has 1 aliphatic carbocycles. The van der Waals surface area contributed by atoms with Crippen LogP contribution in [0, 0.1) is 0 Å². The van der Waals surface area contributed by atoms with Crippen molar-refractivity contribution in [2.75, 3.05) is 26.8 Å². The molecule has 19 heavy (non-hydrogen) atoms. The van der Waals surface area contributed by atoms with E-state index < -0.39 is 0 Å². The Balaban J connectivity index is 1.90. The van der Waals surface area contributed by atoms with Gasteiger partial charge in [-0.05, 0) is 49.1 Å². The molecule has 2 aliphatic rings. The third kappa shape index (κ3) is 2.37. The van der Waals surface area contributed by atoms with Crippen LogP contribution in [0.5, 0.6) is 5.75 Å². The van der Waals surface area contributed by atoms with Gasteiger partial charge < -0.3 is 9.47 Å². The quantitative estimate of drug-likeness (QED) is 0.835. The largest absolute Gasteiger partial charge is 0.497 e. The summed E-state index contributed by atoms with van der Waals surface area (Å²) < 4.78 is 11.5. The first-order chi connectivity index (χ1) is 9.33. The molecule has 1 fully saturated rings. The van der Waals surface area contributed by atoms with Gasteiger partial charge in [-0.15, -0.1) is 0 Å². The molecule has 3 rings (SSSR count). The van der Waals surface area contributed by atoms with Crippen molar-refractivity contribution in [3.8, 4) is 5.75 Å². The second kappa shape index (κ2) is 5.51. The molecule has 0 bridgehead atoms. The van der Waals surface area contributed by atoms with Gasteiger partial charge in [0, 0.05) is 12.6 Å². The van der Waals surface area contributed by atoms with Gasteiger partial charge in [0.05, 0.1) is 19.8 Å². The van der Waals surface area contributed by atoms with Gasteiger partial charge in [-0.3, -0.25) is 4.90 Å². The van der Waals surface area contributed by atoms with Gasteiger partial charge >= 0.3 is 0 Å². The van der Waals surface area contributed by atoms with Crippen molar-refractivity contribution >= 4 is 0 Å². The SMILES string of the molecule is CCCN1CCOC2c3cc(OC)ccc3CC[C@H]21. The van der Waals surface area contributed by atoms with E-state index in [-0.39, 0.29) is 6.10 Å². The Hall–Kier alpha value is -1.06. The Morgan fingerprint density at radius 1 is 1.42 bits per heavy atom. The molecule has 0 N–H and O–H groups in total. The maximum atomic E-state index is 6.09. The molecule has 1 unspecified atom stereocenters. The smallest absolute Gasteiger partial charge is 0.119 e. The van der Waals surface area contributed by atoms with E-state index in [4.69, 9.17) is 9.47 Å². The van der Waals surface area contributed by atoms with Crippen molar-refractivity contribution < 1.29 is 9.47 Å². The average Bonchev–Trinajstić information content (AvgIpc) is 2.47. The number of methoxy groups -OCH3 is 1.